The van der Waals surface area contributed by atoms with E-state index in [2.05, 4.69) is 10.5 Å². The summed E-state index contributed by atoms with van der Waals surface area (Å²) in [6.45, 7) is 0.608. The van der Waals surface area contributed by atoms with E-state index in [9.17, 15) is 9.59 Å². The van der Waals surface area contributed by atoms with Crippen molar-refractivity contribution < 1.29 is 19.8 Å². The van der Waals surface area contributed by atoms with Crippen LogP contribution in [0.4, 0.5) is 5.69 Å². The summed E-state index contributed by atoms with van der Waals surface area (Å²) < 4.78 is 0. The van der Waals surface area contributed by atoms with Gasteiger partial charge in [0.15, 0.2) is 5.78 Å². The highest BCUT2D eigenvalue weighted by Gasteiger charge is 2.22. The minimum absolute atomic E-state index is 0.224. The number of benzene rings is 2. The third-order valence-electron chi connectivity index (χ3n) is 3.81. The fourth-order valence-corrected chi connectivity index (χ4v) is 2.64. The zero-order valence-corrected chi connectivity index (χ0v) is 15.3. The molecule has 0 aromatic heterocycles. The van der Waals surface area contributed by atoms with Gasteiger partial charge in [0.2, 0.25) is 0 Å². The van der Waals surface area contributed by atoms with Gasteiger partial charge in [0.25, 0.3) is 5.91 Å². The maximum atomic E-state index is 13.2. The van der Waals surface area contributed by atoms with E-state index in [4.69, 9.17) is 5.26 Å². The topological polar surface area (TPSA) is 82.1 Å². The number of carbonyl (C=O) groups excluding carboxylic acids is 2. The fraction of sp³-hybridized carbons (Fsp3) is 0.263. The fourth-order valence-electron chi connectivity index (χ4n) is 2.64. The molecule has 0 heterocycles. The van der Waals surface area contributed by atoms with Crippen molar-refractivity contribution in [3.63, 3.8) is 0 Å². The molecule has 7 heteroatoms. The molecule has 0 aliphatic carbocycles. The molecule has 0 saturated carbocycles. The molecule has 0 saturated heterocycles. The summed E-state index contributed by atoms with van der Waals surface area (Å²) in [7, 11) is 7.08. The number of amides is 1. The van der Waals surface area contributed by atoms with Gasteiger partial charge in [-0.25, -0.2) is 10.7 Å². The summed E-state index contributed by atoms with van der Waals surface area (Å²) in [5.74, 6) is -0.552. The van der Waals surface area contributed by atoms with Crippen LogP contribution in [0.15, 0.2) is 42.5 Å². The molecule has 2 aromatic carbocycles. The van der Waals surface area contributed by atoms with Crippen LogP contribution < -0.4 is 5.48 Å². The van der Waals surface area contributed by atoms with Crippen molar-refractivity contribution in [3.8, 4) is 0 Å². The molecule has 0 fully saturated rings. The quantitative estimate of drug-likeness (QED) is 0.450. The van der Waals surface area contributed by atoms with Gasteiger partial charge in [0.1, 0.15) is 0 Å². The minimum Gasteiger partial charge on any atom is -0.345 e. The Balaban J connectivity index is 2.54. The third-order valence-corrected chi connectivity index (χ3v) is 3.81. The molecule has 0 bridgehead atoms. The molecule has 0 aliphatic rings. The SMILES string of the molecule is CN(C)Cc1ccccc1C(=O)c1ccc(NOO)cc1C(=O)N(C)C. The molecular formula is C19H23N3O4. The highest BCUT2D eigenvalue weighted by atomic mass is 17.2. The molecule has 2 rings (SSSR count). The lowest BCUT2D eigenvalue weighted by atomic mass is 9.94. The van der Waals surface area contributed by atoms with Gasteiger partial charge in [-0.2, -0.15) is 0 Å². The largest absolute Gasteiger partial charge is 0.345 e. The van der Waals surface area contributed by atoms with Gasteiger partial charge in [-0.05, 0) is 37.9 Å². The summed E-state index contributed by atoms with van der Waals surface area (Å²) in [6, 6.07) is 11.9. The van der Waals surface area contributed by atoms with Gasteiger partial charge < -0.3 is 9.80 Å². The number of nitrogens with one attached hydrogen (secondary N) is 1. The number of ketones is 1. The van der Waals surface area contributed by atoms with Crippen molar-refractivity contribution in [1.82, 2.24) is 9.80 Å². The van der Waals surface area contributed by atoms with Crippen LogP contribution in [0.5, 0.6) is 0 Å². The van der Waals surface area contributed by atoms with E-state index in [1.807, 2.05) is 31.1 Å². The Bertz CT molecular complexity index is 803. The highest BCUT2D eigenvalue weighted by molar-refractivity contribution is 6.16. The summed E-state index contributed by atoms with van der Waals surface area (Å²) in [6.07, 6.45) is 0. The van der Waals surface area contributed by atoms with Crippen LogP contribution in [0.25, 0.3) is 0 Å². The monoisotopic (exact) mass is 357 g/mol. The Morgan fingerprint density at radius 2 is 1.69 bits per heavy atom. The molecular weight excluding hydrogens is 334 g/mol. The second kappa shape index (κ2) is 8.57. The number of anilines is 1. The second-order valence-corrected chi connectivity index (χ2v) is 6.38. The van der Waals surface area contributed by atoms with E-state index < -0.39 is 0 Å². The zero-order valence-electron chi connectivity index (χ0n) is 15.3. The predicted octanol–water partition coefficient (Wildman–Crippen LogP) is 2.50. The van der Waals surface area contributed by atoms with Crippen LogP contribution in [-0.2, 0) is 11.5 Å². The van der Waals surface area contributed by atoms with Crippen molar-refractivity contribution in [2.75, 3.05) is 33.7 Å². The lowest BCUT2D eigenvalue weighted by molar-refractivity contribution is -0.215. The Hall–Kier alpha value is -2.74. The molecule has 0 atom stereocenters. The van der Waals surface area contributed by atoms with E-state index in [-0.39, 0.29) is 17.3 Å². The highest BCUT2D eigenvalue weighted by Crippen LogP contribution is 2.23. The minimum atomic E-state index is -0.319. The third kappa shape index (κ3) is 4.45. The summed E-state index contributed by atoms with van der Waals surface area (Å²) in [5, 5.41) is 8.56. The van der Waals surface area contributed by atoms with Crippen LogP contribution in [0.2, 0.25) is 0 Å². The zero-order chi connectivity index (χ0) is 19.3. The molecule has 138 valence electrons. The summed E-state index contributed by atoms with van der Waals surface area (Å²) in [4.78, 5) is 33.0. The average Bonchev–Trinajstić information content (AvgIpc) is 2.60. The van der Waals surface area contributed by atoms with E-state index in [0.29, 0.717) is 23.4 Å². The maximum absolute atomic E-state index is 13.2. The Morgan fingerprint density at radius 1 is 1.00 bits per heavy atom. The molecule has 2 N–H and O–H groups in total. The smallest absolute Gasteiger partial charge is 0.254 e. The molecule has 0 spiro atoms. The number of rotatable bonds is 7. The Labute approximate surface area is 152 Å². The number of nitrogens with zero attached hydrogens (tertiary/aromatic N) is 2. The Kier molecular flexibility index (Phi) is 6.46. The first-order valence-corrected chi connectivity index (χ1v) is 8.04. The van der Waals surface area contributed by atoms with Crippen LogP contribution >= 0.6 is 0 Å². The van der Waals surface area contributed by atoms with Crippen LogP contribution in [0, 0.1) is 0 Å². The number of hydrogen-bond donors (Lipinski definition) is 2. The van der Waals surface area contributed by atoms with E-state index in [0.717, 1.165) is 5.56 Å². The lowest BCUT2D eigenvalue weighted by Gasteiger charge is -2.17. The first kappa shape index (κ1) is 19.6. The molecule has 26 heavy (non-hydrogen) atoms. The van der Waals surface area contributed by atoms with Crippen molar-refractivity contribution in [1.29, 1.82) is 0 Å². The lowest BCUT2D eigenvalue weighted by Crippen LogP contribution is -2.25. The standard InChI is InChI=1S/C19H23N3O4/c1-21(2)12-13-7-5-6-8-15(13)18(23)16-10-9-14(20-26-25)11-17(16)19(24)22(3)4/h5-11,20,25H,12H2,1-4H3. The molecule has 7 nitrogen and oxygen atoms in total. The average molecular weight is 357 g/mol. The summed E-state index contributed by atoms with van der Waals surface area (Å²) in [5.41, 5.74) is 4.55. The van der Waals surface area contributed by atoms with Crippen LogP contribution in [0.1, 0.15) is 31.8 Å². The molecule has 0 unspecified atom stereocenters. The predicted molar refractivity (Wildman–Crippen MR) is 99.1 cm³/mol. The van der Waals surface area contributed by atoms with E-state index in [1.54, 1.807) is 38.4 Å². The van der Waals surface area contributed by atoms with Gasteiger partial charge in [-0.1, -0.05) is 24.3 Å². The number of hydrogen-bond acceptors (Lipinski definition) is 6. The van der Waals surface area contributed by atoms with Crippen LogP contribution in [-0.4, -0.2) is 54.9 Å². The van der Waals surface area contributed by atoms with E-state index in [1.165, 1.54) is 11.0 Å². The van der Waals surface area contributed by atoms with Gasteiger partial charge >= 0.3 is 0 Å². The molecule has 0 aliphatic heterocycles. The van der Waals surface area contributed by atoms with E-state index >= 15 is 0 Å². The molecule has 0 radical (unpaired) electrons. The molecule has 2 aromatic rings. The second-order valence-electron chi connectivity index (χ2n) is 6.38. The maximum Gasteiger partial charge on any atom is 0.254 e. The van der Waals surface area contributed by atoms with Crippen LogP contribution in [0.3, 0.4) is 0 Å². The first-order chi connectivity index (χ1) is 12.3. The number of carbonyl (C=O) groups is 2. The van der Waals surface area contributed by atoms with Gasteiger partial charge in [0, 0.05) is 31.8 Å². The van der Waals surface area contributed by atoms with Crippen molar-refractivity contribution >= 4 is 17.4 Å². The van der Waals surface area contributed by atoms with Gasteiger partial charge in [0.05, 0.1) is 11.3 Å². The van der Waals surface area contributed by atoms with Gasteiger partial charge in [-0.3, -0.25) is 9.59 Å². The Morgan fingerprint density at radius 3 is 2.31 bits per heavy atom. The van der Waals surface area contributed by atoms with Crippen molar-refractivity contribution in [2.45, 2.75) is 6.54 Å². The van der Waals surface area contributed by atoms with Crippen molar-refractivity contribution in [3.05, 3.63) is 64.7 Å². The van der Waals surface area contributed by atoms with Crippen molar-refractivity contribution in [2.24, 2.45) is 0 Å². The van der Waals surface area contributed by atoms with Gasteiger partial charge in [-0.15, -0.1) is 4.99 Å². The normalized spacial score (nSPS) is 10.7. The molecule has 1 amide bonds. The summed E-state index contributed by atoms with van der Waals surface area (Å²) >= 11 is 0. The first-order valence-electron chi connectivity index (χ1n) is 8.04.